The molecule has 1 rings (SSSR count). The lowest BCUT2D eigenvalue weighted by Gasteiger charge is -2.18. The third kappa shape index (κ3) is 6.44. The van der Waals surface area contributed by atoms with Gasteiger partial charge >= 0.3 is 6.18 Å². The highest BCUT2D eigenvalue weighted by molar-refractivity contribution is 5.27. The van der Waals surface area contributed by atoms with E-state index in [1.165, 1.54) is 6.07 Å². The molecule has 0 spiro atoms. The van der Waals surface area contributed by atoms with Gasteiger partial charge in [0.25, 0.3) is 0 Å². The van der Waals surface area contributed by atoms with Crippen molar-refractivity contribution >= 4 is 0 Å². The molecule has 0 unspecified atom stereocenters. The summed E-state index contributed by atoms with van der Waals surface area (Å²) in [5, 5.41) is 3.26. The Labute approximate surface area is 123 Å². The number of hydrogen-bond acceptors (Lipinski definition) is 2. The first-order chi connectivity index (χ1) is 9.70. The van der Waals surface area contributed by atoms with Crippen LogP contribution >= 0.6 is 0 Å². The molecule has 2 nitrogen and oxygen atoms in total. The van der Waals surface area contributed by atoms with Crippen LogP contribution in [0.15, 0.2) is 18.2 Å². The molecule has 6 heteroatoms. The van der Waals surface area contributed by atoms with Crippen molar-refractivity contribution in [2.75, 3.05) is 26.7 Å². The first kappa shape index (κ1) is 17.9. The Balaban J connectivity index is 2.55. The standard InChI is InChI=1S/C15H22F4N2/c1-11(2)9-20-6-7-21(3)10-12-4-5-14(16)13(8-12)15(17,18)19/h4-5,8,11,20H,6-7,9-10H2,1-3H3. The molecule has 1 N–H and O–H groups in total. The fourth-order valence-corrected chi connectivity index (χ4v) is 1.94. The van der Waals surface area contributed by atoms with E-state index in [1.807, 2.05) is 11.9 Å². The molecule has 0 aromatic heterocycles. The topological polar surface area (TPSA) is 15.3 Å². The van der Waals surface area contributed by atoms with Crippen LogP contribution in [0.2, 0.25) is 0 Å². The number of nitrogens with one attached hydrogen (secondary N) is 1. The maximum Gasteiger partial charge on any atom is 0.419 e. The second-order valence-corrected chi connectivity index (χ2v) is 5.65. The highest BCUT2D eigenvalue weighted by atomic mass is 19.4. The summed E-state index contributed by atoms with van der Waals surface area (Å²) in [6.45, 7) is 6.95. The van der Waals surface area contributed by atoms with Gasteiger partial charge < -0.3 is 10.2 Å². The Bertz CT molecular complexity index is 444. The molecule has 1 aromatic carbocycles. The van der Waals surface area contributed by atoms with Gasteiger partial charge in [0.15, 0.2) is 0 Å². The molecule has 0 amide bonds. The van der Waals surface area contributed by atoms with Gasteiger partial charge in [-0.3, -0.25) is 0 Å². The first-order valence-electron chi connectivity index (χ1n) is 6.95. The summed E-state index contributed by atoms with van der Waals surface area (Å²) in [4.78, 5) is 1.90. The first-order valence-corrected chi connectivity index (χ1v) is 6.95. The molecule has 0 radical (unpaired) electrons. The fourth-order valence-electron chi connectivity index (χ4n) is 1.94. The Hall–Kier alpha value is -1.14. The van der Waals surface area contributed by atoms with E-state index in [1.54, 1.807) is 0 Å². The Morgan fingerprint density at radius 1 is 1.24 bits per heavy atom. The van der Waals surface area contributed by atoms with E-state index in [9.17, 15) is 17.6 Å². The van der Waals surface area contributed by atoms with Crippen molar-refractivity contribution in [3.8, 4) is 0 Å². The number of benzene rings is 1. The van der Waals surface area contributed by atoms with Gasteiger partial charge in [-0.25, -0.2) is 4.39 Å². The third-order valence-corrected chi connectivity index (χ3v) is 3.01. The number of nitrogens with zero attached hydrogens (tertiary/aromatic N) is 1. The Morgan fingerprint density at radius 2 is 1.90 bits per heavy atom. The second kappa shape index (κ2) is 7.75. The van der Waals surface area contributed by atoms with Crippen molar-refractivity contribution in [1.29, 1.82) is 0 Å². The third-order valence-electron chi connectivity index (χ3n) is 3.01. The second-order valence-electron chi connectivity index (χ2n) is 5.65. The minimum absolute atomic E-state index is 0.354. The van der Waals surface area contributed by atoms with Crippen LogP contribution < -0.4 is 5.32 Å². The minimum atomic E-state index is -4.66. The van der Waals surface area contributed by atoms with Crippen LogP contribution in [0.25, 0.3) is 0 Å². The monoisotopic (exact) mass is 306 g/mol. The lowest BCUT2D eigenvalue weighted by atomic mass is 10.1. The molecular weight excluding hydrogens is 284 g/mol. The molecular formula is C15H22F4N2. The van der Waals surface area contributed by atoms with E-state index in [2.05, 4.69) is 19.2 Å². The molecule has 120 valence electrons. The fraction of sp³-hybridized carbons (Fsp3) is 0.600. The summed E-state index contributed by atoms with van der Waals surface area (Å²) in [5.74, 6) is -0.672. The summed E-state index contributed by atoms with van der Waals surface area (Å²) >= 11 is 0. The van der Waals surface area contributed by atoms with Gasteiger partial charge in [0, 0.05) is 19.6 Å². The Morgan fingerprint density at radius 3 is 2.48 bits per heavy atom. The molecule has 1 aromatic rings. The average Bonchev–Trinajstić information content (AvgIpc) is 2.35. The van der Waals surface area contributed by atoms with E-state index >= 15 is 0 Å². The van der Waals surface area contributed by atoms with Crippen LogP contribution in [0.4, 0.5) is 17.6 Å². The van der Waals surface area contributed by atoms with E-state index in [4.69, 9.17) is 0 Å². The van der Waals surface area contributed by atoms with Crippen LogP contribution in [-0.4, -0.2) is 31.6 Å². The molecule has 0 saturated heterocycles. The van der Waals surface area contributed by atoms with E-state index in [0.29, 0.717) is 24.6 Å². The van der Waals surface area contributed by atoms with Gasteiger partial charge in [-0.05, 0) is 37.2 Å². The number of hydrogen-bond donors (Lipinski definition) is 1. The normalized spacial score (nSPS) is 12.4. The largest absolute Gasteiger partial charge is 0.419 e. The average molecular weight is 306 g/mol. The molecule has 0 bridgehead atoms. The van der Waals surface area contributed by atoms with E-state index in [0.717, 1.165) is 25.2 Å². The van der Waals surface area contributed by atoms with Gasteiger partial charge in [0.2, 0.25) is 0 Å². The zero-order valence-corrected chi connectivity index (χ0v) is 12.6. The van der Waals surface area contributed by atoms with Gasteiger partial charge in [0.1, 0.15) is 5.82 Å². The van der Waals surface area contributed by atoms with E-state index < -0.39 is 17.6 Å². The van der Waals surface area contributed by atoms with Crippen LogP contribution in [-0.2, 0) is 12.7 Å². The van der Waals surface area contributed by atoms with Crippen LogP contribution in [0.3, 0.4) is 0 Å². The van der Waals surface area contributed by atoms with E-state index in [-0.39, 0.29) is 0 Å². The number of likely N-dealkylation sites (N-methyl/N-ethyl adjacent to an activating group) is 1. The highest BCUT2D eigenvalue weighted by Gasteiger charge is 2.34. The Kier molecular flexibility index (Phi) is 6.61. The van der Waals surface area contributed by atoms with Gasteiger partial charge in [0.05, 0.1) is 5.56 Å². The molecule has 0 saturated carbocycles. The quantitative estimate of drug-likeness (QED) is 0.612. The van der Waals surface area contributed by atoms with Crippen molar-refractivity contribution < 1.29 is 17.6 Å². The predicted molar refractivity (Wildman–Crippen MR) is 75.4 cm³/mol. The zero-order valence-electron chi connectivity index (χ0n) is 12.6. The molecule has 0 atom stereocenters. The van der Waals surface area contributed by atoms with Crippen LogP contribution in [0, 0.1) is 11.7 Å². The summed E-state index contributed by atoms with van der Waals surface area (Å²) < 4.78 is 51.1. The van der Waals surface area contributed by atoms with Crippen molar-refractivity contribution in [3.63, 3.8) is 0 Å². The maximum absolute atomic E-state index is 13.2. The van der Waals surface area contributed by atoms with Gasteiger partial charge in [-0.2, -0.15) is 13.2 Å². The number of halogens is 4. The predicted octanol–water partition coefficient (Wildman–Crippen LogP) is 3.52. The molecule has 0 fully saturated rings. The maximum atomic E-state index is 13.2. The van der Waals surface area contributed by atoms with Crippen molar-refractivity contribution in [2.24, 2.45) is 5.92 Å². The molecule has 21 heavy (non-hydrogen) atoms. The summed E-state index contributed by atoms with van der Waals surface area (Å²) in [6.07, 6.45) is -4.66. The summed E-state index contributed by atoms with van der Waals surface area (Å²) in [5.41, 5.74) is -0.749. The minimum Gasteiger partial charge on any atom is -0.315 e. The lowest BCUT2D eigenvalue weighted by Crippen LogP contribution is -2.30. The number of rotatable bonds is 7. The smallest absolute Gasteiger partial charge is 0.315 e. The van der Waals surface area contributed by atoms with Crippen molar-refractivity contribution in [3.05, 3.63) is 35.1 Å². The van der Waals surface area contributed by atoms with Gasteiger partial charge in [-0.15, -0.1) is 0 Å². The van der Waals surface area contributed by atoms with Crippen LogP contribution in [0.1, 0.15) is 25.0 Å². The highest BCUT2D eigenvalue weighted by Crippen LogP contribution is 2.32. The van der Waals surface area contributed by atoms with Crippen molar-refractivity contribution in [2.45, 2.75) is 26.6 Å². The molecule has 0 aliphatic carbocycles. The number of alkyl halides is 3. The zero-order chi connectivity index (χ0) is 16.0. The molecule has 0 aliphatic heterocycles. The van der Waals surface area contributed by atoms with Gasteiger partial charge in [-0.1, -0.05) is 19.9 Å². The SMILES string of the molecule is CC(C)CNCCN(C)Cc1ccc(F)c(C(F)(F)F)c1. The summed E-state index contributed by atoms with van der Waals surface area (Å²) in [7, 11) is 1.83. The lowest BCUT2D eigenvalue weighted by molar-refractivity contribution is -0.140. The summed E-state index contributed by atoms with van der Waals surface area (Å²) in [6, 6.07) is 3.15. The molecule has 0 aliphatic rings. The molecule has 0 heterocycles. The van der Waals surface area contributed by atoms with Crippen LogP contribution in [0.5, 0.6) is 0 Å². The van der Waals surface area contributed by atoms with Crippen molar-refractivity contribution in [1.82, 2.24) is 10.2 Å².